The highest BCUT2D eigenvalue weighted by Gasteiger charge is 2.28. The van der Waals surface area contributed by atoms with E-state index in [4.69, 9.17) is 0 Å². The Morgan fingerprint density at radius 1 is 1.35 bits per heavy atom. The number of hydrogen-bond donors (Lipinski definition) is 1. The largest absolute Gasteiger partial charge is 0.411 e. The predicted octanol–water partition coefficient (Wildman–Crippen LogP) is 1.34. The molecular weight excluding hydrogens is 273 g/mol. The van der Waals surface area contributed by atoms with E-state index in [1.807, 2.05) is 0 Å². The first-order valence-corrected chi connectivity index (χ1v) is 7.10. The molecule has 20 heavy (non-hydrogen) atoms. The van der Waals surface area contributed by atoms with Crippen LogP contribution < -0.4 is 0 Å². The van der Waals surface area contributed by atoms with E-state index in [1.165, 1.54) is 0 Å². The third-order valence-corrected chi connectivity index (χ3v) is 3.48. The van der Waals surface area contributed by atoms with Crippen LogP contribution in [0.1, 0.15) is 20.3 Å². The van der Waals surface area contributed by atoms with Crippen molar-refractivity contribution in [3.63, 3.8) is 0 Å². The van der Waals surface area contributed by atoms with Gasteiger partial charge in [-0.05, 0) is 13.3 Å². The normalized spacial score (nSPS) is 24.0. The zero-order valence-electron chi connectivity index (χ0n) is 12.2. The van der Waals surface area contributed by atoms with Gasteiger partial charge in [0.25, 0.3) is 0 Å². The number of aliphatic hydroxyl groups excluding tert-OH is 1. The van der Waals surface area contributed by atoms with E-state index in [-0.39, 0.29) is 12.7 Å². The van der Waals surface area contributed by atoms with Gasteiger partial charge in [-0.2, -0.15) is 13.2 Å². The summed E-state index contributed by atoms with van der Waals surface area (Å²) >= 11 is 0. The fraction of sp³-hybridized carbons (Fsp3) is 1.00. The highest BCUT2D eigenvalue weighted by atomic mass is 19.4. The lowest BCUT2D eigenvalue weighted by Crippen LogP contribution is -2.54. The molecule has 1 rings (SSSR count). The minimum Gasteiger partial charge on any atom is -0.392 e. The Balaban J connectivity index is 2.26. The number of rotatable bonds is 7. The second kappa shape index (κ2) is 8.17. The lowest BCUT2D eigenvalue weighted by Gasteiger charge is -2.41. The molecule has 0 spiro atoms. The molecule has 0 unspecified atom stereocenters. The maximum absolute atomic E-state index is 11.9. The van der Waals surface area contributed by atoms with Crippen LogP contribution in [0.25, 0.3) is 0 Å². The summed E-state index contributed by atoms with van der Waals surface area (Å²) in [5, 5.41) is 9.45. The van der Waals surface area contributed by atoms with E-state index in [1.54, 1.807) is 6.92 Å². The van der Waals surface area contributed by atoms with E-state index < -0.39 is 12.8 Å². The Morgan fingerprint density at radius 3 is 2.60 bits per heavy atom. The van der Waals surface area contributed by atoms with Crippen LogP contribution in [0.15, 0.2) is 0 Å². The molecular formula is C13H25F3N2O2. The number of β-amino-alcohol motifs (C(OH)–C–C–N with tert-alkyl or cyclic N) is 1. The predicted molar refractivity (Wildman–Crippen MR) is 70.6 cm³/mol. The highest BCUT2D eigenvalue weighted by Crippen LogP contribution is 2.15. The van der Waals surface area contributed by atoms with Gasteiger partial charge >= 0.3 is 6.18 Å². The zero-order valence-corrected chi connectivity index (χ0v) is 12.2. The number of halogens is 3. The van der Waals surface area contributed by atoms with Crippen molar-refractivity contribution < 1.29 is 23.0 Å². The van der Waals surface area contributed by atoms with E-state index in [9.17, 15) is 18.3 Å². The fourth-order valence-corrected chi connectivity index (χ4v) is 2.51. The molecule has 0 bridgehead atoms. The molecule has 0 amide bonds. The molecule has 0 radical (unpaired) electrons. The summed E-state index contributed by atoms with van der Waals surface area (Å²) in [6.07, 6.45) is -3.64. The first kappa shape index (κ1) is 17.7. The molecule has 0 aliphatic carbocycles. The number of piperazine rings is 1. The van der Waals surface area contributed by atoms with Crippen LogP contribution in [0.2, 0.25) is 0 Å². The first-order chi connectivity index (χ1) is 9.31. The number of nitrogens with zero attached hydrogens (tertiary/aromatic N) is 2. The van der Waals surface area contributed by atoms with Crippen LogP contribution in [0.4, 0.5) is 13.2 Å². The van der Waals surface area contributed by atoms with Crippen molar-refractivity contribution in [3.8, 4) is 0 Å². The standard InChI is InChI=1S/C13H25F3N2O2/c1-3-12-9-17(4-5-18(12)8-11(2)19)6-7-20-10-13(14,15)16/h11-12,19H,3-10H2,1-2H3/t11-,12+/m0/s1. The number of hydrogen-bond acceptors (Lipinski definition) is 4. The van der Waals surface area contributed by atoms with Crippen molar-refractivity contribution in [2.75, 3.05) is 45.9 Å². The van der Waals surface area contributed by atoms with Gasteiger partial charge in [0.15, 0.2) is 0 Å². The summed E-state index contributed by atoms with van der Waals surface area (Å²) in [5.74, 6) is 0. The molecule has 120 valence electrons. The van der Waals surface area contributed by atoms with E-state index in [2.05, 4.69) is 21.5 Å². The monoisotopic (exact) mass is 298 g/mol. The Kier molecular flexibility index (Phi) is 7.22. The van der Waals surface area contributed by atoms with Gasteiger partial charge in [0.1, 0.15) is 6.61 Å². The zero-order chi connectivity index (χ0) is 15.2. The molecule has 1 aliphatic rings. The maximum atomic E-state index is 11.9. The number of alkyl halides is 3. The van der Waals surface area contributed by atoms with Crippen molar-refractivity contribution >= 4 is 0 Å². The van der Waals surface area contributed by atoms with Gasteiger partial charge in [-0.3, -0.25) is 9.80 Å². The van der Waals surface area contributed by atoms with Crippen LogP contribution in [0.3, 0.4) is 0 Å². The van der Waals surface area contributed by atoms with Gasteiger partial charge in [-0.15, -0.1) is 0 Å². The quantitative estimate of drug-likeness (QED) is 0.720. The lowest BCUT2D eigenvalue weighted by molar-refractivity contribution is -0.174. The summed E-state index contributed by atoms with van der Waals surface area (Å²) in [6, 6.07) is 0.348. The second-order valence-electron chi connectivity index (χ2n) is 5.37. The summed E-state index contributed by atoms with van der Waals surface area (Å²) in [5.41, 5.74) is 0. The molecule has 0 aromatic rings. The fourth-order valence-electron chi connectivity index (χ4n) is 2.51. The molecule has 0 saturated carbocycles. The third kappa shape index (κ3) is 6.88. The van der Waals surface area contributed by atoms with E-state index in [0.29, 0.717) is 19.1 Å². The van der Waals surface area contributed by atoms with Crippen molar-refractivity contribution in [1.29, 1.82) is 0 Å². The molecule has 1 saturated heterocycles. The van der Waals surface area contributed by atoms with Gasteiger partial charge < -0.3 is 9.84 Å². The molecule has 2 atom stereocenters. The molecule has 1 N–H and O–H groups in total. The van der Waals surface area contributed by atoms with Gasteiger partial charge in [0, 0.05) is 38.8 Å². The lowest BCUT2D eigenvalue weighted by atomic mass is 10.1. The topological polar surface area (TPSA) is 35.9 Å². The van der Waals surface area contributed by atoms with Crippen LogP contribution >= 0.6 is 0 Å². The Labute approximate surface area is 118 Å². The average molecular weight is 298 g/mol. The van der Waals surface area contributed by atoms with Crippen LogP contribution in [0.5, 0.6) is 0 Å². The van der Waals surface area contributed by atoms with E-state index in [0.717, 1.165) is 26.1 Å². The van der Waals surface area contributed by atoms with Gasteiger partial charge in [0.2, 0.25) is 0 Å². The van der Waals surface area contributed by atoms with Crippen molar-refractivity contribution in [2.45, 2.75) is 38.6 Å². The highest BCUT2D eigenvalue weighted by molar-refractivity contribution is 4.82. The van der Waals surface area contributed by atoms with Crippen LogP contribution in [-0.4, -0.2) is 79.2 Å². The molecule has 0 aromatic carbocycles. The van der Waals surface area contributed by atoms with E-state index >= 15 is 0 Å². The Hall–Kier alpha value is -0.370. The summed E-state index contributed by atoms with van der Waals surface area (Å²) in [7, 11) is 0. The van der Waals surface area contributed by atoms with Crippen molar-refractivity contribution in [2.24, 2.45) is 0 Å². The summed E-state index contributed by atoms with van der Waals surface area (Å²) in [6.45, 7) is 6.41. The number of aliphatic hydroxyl groups is 1. The Bertz CT molecular complexity index is 275. The molecule has 0 aromatic heterocycles. The van der Waals surface area contributed by atoms with Crippen molar-refractivity contribution in [1.82, 2.24) is 9.80 Å². The third-order valence-electron chi connectivity index (χ3n) is 3.48. The molecule has 1 aliphatic heterocycles. The molecule has 7 heteroatoms. The molecule has 1 fully saturated rings. The second-order valence-corrected chi connectivity index (χ2v) is 5.37. The van der Waals surface area contributed by atoms with Crippen LogP contribution in [-0.2, 0) is 4.74 Å². The average Bonchev–Trinajstić information content (AvgIpc) is 2.34. The van der Waals surface area contributed by atoms with Gasteiger partial charge in [0.05, 0.1) is 12.7 Å². The van der Waals surface area contributed by atoms with Gasteiger partial charge in [-0.1, -0.05) is 6.92 Å². The maximum Gasteiger partial charge on any atom is 0.411 e. The smallest absolute Gasteiger partial charge is 0.392 e. The minimum atomic E-state index is -4.25. The van der Waals surface area contributed by atoms with Crippen molar-refractivity contribution in [3.05, 3.63) is 0 Å². The minimum absolute atomic E-state index is 0.104. The Morgan fingerprint density at radius 2 is 2.05 bits per heavy atom. The summed E-state index contributed by atoms with van der Waals surface area (Å²) in [4.78, 5) is 4.38. The molecule has 4 nitrogen and oxygen atoms in total. The molecule has 1 heterocycles. The first-order valence-electron chi connectivity index (χ1n) is 7.10. The number of ether oxygens (including phenoxy) is 1. The van der Waals surface area contributed by atoms with Gasteiger partial charge in [-0.25, -0.2) is 0 Å². The van der Waals surface area contributed by atoms with Crippen LogP contribution in [0, 0.1) is 0 Å². The summed E-state index contributed by atoms with van der Waals surface area (Å²) < 4.78 is 40.5. The SMILES string of the molecule is CC[C@@H]1CN(CCOCC(F)(F)F)CCN1C[C@H](C)O.